The quantitative estimate of drug-likeness (QED) is 0.289. The van der Waals surface area contributed by atoms with E-state index in [0.717, 1.165) is 16.7 Å². The second kappa shape index (κ2) is 11.5. The third-order valence-electron chi connectivity index (χ3n) is 6.50. The summed E-state index contributed by atoms with van der Waals surface area (Å²) in [5.41, 5.74) is 3.16. The summed E-state index contributed by atoms with van der Waals surface area (Å²) in [5, 5.41) is 4.25. The molecule has 0 saturated carbocycles. The fraction of sp³-hybridized carbons (Fsp3) is 0.333. The van der Waals surface area contributed by atoms with Crippen molar-refractivity contribution in [1.29, 1.82) is 0 Å². The number of carbonyl (C=O) groups is 1. The lowest BCUT2D eigenvalue weighted by molar-refractivity contribution is -0.122. The van der Waals surface area contributed by atoms with Gasteiger partial charge in [0.1, 0.15) is 12.4 Å². The zero-order chi connectivity index (χ0) is 28.5. The fourth-order valence-electron chi connectivity index (χ4n) is 4.19. The Balaban J connectivity index is 1.84. The summed E-state index contributed by atoms with van der Waals surface area (Å²) in [7, 11) is 2.07. The zero-order valence-corrected chi connectivity index (χ0v) is 24.6. The van der Waals surface area contributed by atoms with E-state index < -0.39 is 0 Å². The maximum Gasteiger partial charge on any atom is 0.263 e. The number of nitrogens with zero attached hydrogens (tertiary/aromatic N) is 4. The highest BCUT2D eigenvalue weighted by Crippen LogP contribution is 2.28. The zero-order valence-electron chi connectivity index (χ0n) is 23.0. The van der Waals surface area contributed by atoms with Crippen molar-refractivity contribution in [3.8, 4) is 22.5 Å². The van der Waals surface area contributed by atoms with Crippen LogP contribution in [0.4, 0.5) is 0 Å². The molecule has 2 aromatic carbocycles. The van der Waals surface area contributed by atoms with Crippen molar-refractivity contribution in [2.75, 3.05) is 7.05 Å². The van der Waals surface area contributed by atoms with Gasteiger partial charge in [0.2, 0.25) is 5.91 Å². The average Bonchev–Trinajstić information content (AvgIpc) is 2.84. The summed E-state index contributed by atoms with van der Waals surface area (Å²) in [6.07, 6.45) is 1.69. The number of nitrogens with one attached hydrogen (secondary N) is 1. The third kappa shape index (κ3) is 6.85. The molecular weight excluding hydrogens is 533 g/mol. The first-order valence-corrected chi connectivity index (χ1v) is 13.5. The number of fused-ring (bicyclic) bond motifs is 1. The van der Waals surface area contributed by atoms with E-state index >= 15 is 0 Å². The highest BCUT2D eigenvalue weighted by atomic mass is 35.5. The molecule has 9 heteroatoms. The van der Waals surface area contributed by atoms with Crippen LogP contribution in [0.15, 0.2) is 59.5 Å². The number of hydrogen-bond acceptors (Lipinski definition) is 5. The highest BCUT2D eigenvalue weighted by Gasteiger charge is 2.19. The molecule has 0 spiro atoms. The Morgan fingerprint density at radius 1 is 1.03 bits per heavy atom. The highest BCUT2D eigenvalue weighted by molar-refractivity contribution is 6.31. The number of hydrogen-bond donors (Lipinski definition) is 1. The van der Waals surface area contributed by atoms with Gasteiger partial charge in [-0.3, -0.25) is 19.1 Å². The minimum Gasteiger partial charge on any atom is -0.352 e. The molecule has 1 N–H and O–H groups in total. The molecule has 0 aliphatic heterocycles. The summed E-state index contributed by atoms with van der Waals surface area (Å²) in [6, 6.07) is 14.6. The Kier molecular flexibility index (Phi) is 8.45. The smallest absolute Gasteiger partial charge is 0.263 e. The maximum atomic E-state index is 13.8. The average molecular weight is 567 g/mol. The SMILES string of the molecule is CC(C)NC(=O)Cn1c(-c2cccc(Cl)c2)nc2ncc(-c3cc(Cl)cc(CN(C)C(C)(C)C)c3)cc2c1=O. The Bertz CT molecular complexity index is 1590. The van der Waals surface area contributed by atoms with Crippen molar-refractivity contribution in [2.45, 2.75) is 59.3 Å². The molecule has 0 fully saturated rings. The van der Waals surface area contributed by atoms with Crippen LogP contribution in [-0.2, 0) is 17.9 Å². The molecule has 0 saturated heterocycles. The van der Waals surface area contributed by atoms with E-state index in [0.29, 0.717) is 33.4 Å². The molecule has 7 nitrogen and oxygen atoms in total. The van der Waals surface area contributed by atoms with Gasteiger partial charge in [0.25, 0.3) is 5.56 Å². The van der Waals surface area contributed by atoms with Crippen LogP contribution in [-0.4, -0.2) is 44.0 Å². The van der Waals surface area contributed by atoms with E-state index in [9.17, 15) is 9.59 Å². The Morgan fingerprint density at radius 3 is 2.41 bits per heavy atom. The maximum absolute atomic E-state index is 13.8. The minimum atomic E-state index is -0.363. The summed E-state index contributed by atoms with van der Waals surface area (Å²) >= 11 is 12.7. The number of aromatic nitrogens is 3. The summed E-state index contributed by atoms with van der Waals surface area (Å²) in [5.74, 6) is 0.0347. The van der Waals surface area contributed by atoms with Crippen LogP contribution in [0, 0.1) is 0 Å². The van der Waals surface area contributed by atoms with Gasteiger partial charge in [0.05, 0.1) is 5.39 Å². The predicted octanol–water partition coefficient (Wildman–Crippen LogP) is 6.19. The largest absolute Gasteiger partial charge is 0.352 e. The molecular formula is C30H33Cl2N5O2. The second-order valence-corrected chi connectivity index (χ2v) is 11.9. The fourth-order valence-corrected chi connectivity index (χ4v) is 4.64. The molecule has 0 aliphatic rings. The van der Waals surface area contributed by atoms with E-state index in [1.807, 2.05) is 26.0 Å². The van der Waals surface area contributed by atoms with Crippen LogP contribution < -0.4 is 10.9 Å². The van der Waals surface area contributed by atoms with Crippen molar-refractivity contribution < 1.29 is 4.79 Å². The van der Waals surface area contributed by atoms with Gasteiger partial charge in [0, 0.05) is 45.5 Å². The molecule has 39 heavy (non-hydrogen) atoms. The molecule has 2 aromatic heterocycles. The van der Waals surface area contributed by atoms with Gasteiger partial charge in [0.15, 0.2) is 5.65 Å². The Hall–Kier alpha value is -3.26. The monoisotopic (exact) mass is 565 g/mol. The van der Waals surface area contributed by atoms with Gasteiger partial charge in [-0.05, 0) is 89.2 Å². The summed E-state index contributed by atoms with van der Waals surface area (Å²) < 4.78 is 1.37. The minimum absolute atomic E-state index is 0.00765. The van der Waals surface area contributed by atoms with E-state index in [1.54, 1.807) is 36.5 Å². The molecule has 0 atom stereocenters. The Morgan fingerprint density at radius 2 is 1.74 bits per heavy atom. The standard InChI is InChI=1S/C30H33Cl2N5O2/c1-18(2)34-26(38)17-37-28(20-8-7-9-23(31)12-20)35-27-25(29(37)39)14-22(15-33-27)21-10-19(11-24(32)13-21)16-36(6)30(3,4)5/h7-15,18H,16-17H2,1-6H3,(H,34,38). The first-order chi connectivity index (χ1) is 18.3. The lowest BCUT2D eigenvalue weighted by Crippen LogP contribution is -2.37. The number of rotatable bonds is 7. The second-order valence-electron chi connectivity index (χ2n) is 11.0. The van der Waals surface area contributed by atoms with Crippen molar-refractivity contribution in [2.24, 2.45) is 0 Å². The molecule has 4 aromatic rings. The van der Waals surface area contributed by atoms with Crippen molar-refractivity contribution in [3.05, 3.63) is 80.7 Å². The predicted molar refractivity (Wildman–Crippen MR) is 159 cm³/mol. The van der Waals surface area contributed by atoms with Crippen LogP contribution in [0.3, 0.4) is 0 Å². The molecule has 0 bridgehead atoms. The van der Waals surface area contributed by atoms with Gasteiger partial charge < -0.3 is 5.32 Å². The summed E-state index contributed by atoms with van der Waals surface area (Å²) in [4.78, 5) is 38.0. The van der Waals surface area contributed by atoms with Crippen LogP contribution >= 0.6 is 23.2 Å². The molecule has 2 heterocycles. The van der Waals surface area contributed by atoms with E-state index in [-0.39, 0.29) is 35.2 Å². The van der Waals surface area contributed by atoms with Gasteiger partial charge >= 0.3 is 0 Å². The van der Waals surface area contributed by atoms with Crippen molar-refractivity contribution >= 4 is 40.1 Å². The molecule has 0 unspecified atom stereocenters. The molecule has 0 aliphatic carbocycles. The van der Waals surface area contributed by atoms with E-state index in [4.69, 9.17) is 28.2 Å². The molecule has 4 rings (SSSR count). The Labute approximate surface area is 238 Å². The lowest BCUT2D eigenvalue weighted by Gasteiger charge is -2.32. The normalized spacial score (nSPS) is 11.9. The van der Waals surface area contributed by atoms with Crippen LogP contribution in [0.25, 0.3) is 33.5 Å². The topological polar surface area (TPSA) is 80.1 Å². The number of amides is 1. The van der Waals surface area contributed by atoms with Crippen molar-refractivity contribution in [3.63, 3.8) is 0 Å². The number of benzene rings is 2. The van der Waals surface area contributed by atoms with Gasteiger partial charge in [-0.1, -0.05) is 35.3 Å². The molecule has 1 amide bonds. The van der Waals surface area contributed by atoms with Gasteiger partial charge in [-0.25, -0.2) is 9.97 Å². The van der Waals surface area contributed by atoms with Gasteiger partial charge in [-0.2, -0.15) is 0 Å². The first kappa shape index (κ1) is 28.7. The number of halogens is 2. The molecule has 204 valence electrons. The van der Waals surface area contributed by atoms with E-state index in [2.05, 4.69) is 49.1 Å². The molecule has 0 radical (unpaired) electrons. The van der Waals surface area contributed by atoms with E-state index in [1.165, 1.54) is 4.57 Å². The lowest BCUT2D eigenvalue weighted by atomic mass is 10.0. The number of carbonyl (C=O) groups excluding carboxylic acids is 1. The first-order valence-electron chi connectivity index (χ1n) is 12.8. The van der Waals surface area contributed by atoms with Crippen LogP contribution in [0.2, 0.25) is 10.0 Å². The number of pyridine rings is 1. The summed E-state index contributed by atoms with van der Waals surface area (Å²) in [6.45, 7) is 10.7. The van der Waals surface area contributed by atoms with Crippen LogP contribution in [0.1, 0.15) is 40.2 Å². The van der Waals surface area contributed by atoms with Crippen LogP contribution in [0.5, 0.6) is 0 Å². The van der Waals surface area contributed by atoms with Gasteiger partial charge in [-0.15, -0.1) is 0 Å². The third-order valence-corrected chi connectivity index (χ3v) is 6.95. The van der Waals surface area contributed by atoms with Crippen molar-refractivity contribution in [1.82, 2.24) is 24.8 Å².